The van der Waals surface area contributed by atoms with Crippen LogP contribution in [0.2, 0.25) is 10.0 Å². The van der Waals surface area contributed by atoms with E-state index in [-0.39, 0.29) is 0 Å². The first kappa shape index (κ1) is 19.3. The Morgan fingerprint density at radius 3 is 2.50 bits per heavy atom. The smallest absolute Gasteiger partial charge is 0.254 e. The first-order valence-electron chi connectivity index (χ1n) is 9.86. The van der Waals surface area contributed by atoms with Crippen molar-refractivity contribution in [3.05, 3.63) is 76.4 Å². The zero-order valence-corrected chi connectivity index (χ0v) is 17.8. The molecule has 1 aliphatic rings. The summed E-state index contributed by atoms with van der Waals surface area (Å²) in [6.07, 6.45) is 1.72. The summed E-state index contributed by atoms with van der Waals surface area (Å²) in [6.45, 7) is 4.63. The molecule has 2 aromatic carbocycles. The summed E-state index contributed by atoms with van der Waals surface area (Å²) < 4.78 is 1.74. The molecule has 0 unspecified atom stereocenters. The zero-order valence-electron chi connectivity index (χ0n) is 16.2. The Hall–Kier alpha value is -2.67. The minimum atomic E-state index is 0.547. The maximum atomic E-state index is 6.41. The summed E-state index contributed by atoms with van der Waals surface area (Å²) in [5.74, 6) is 1.23. The molecule has 0 N–H and O–H groups in total. The topological polar surface area (TPSA) is 49.6 Å². The van der Waals surface area contributed by atoms with E-state index in [1.54, 1.807) is 22.8 Å². The number of aromatic nitrogens is 4. The van der Waals surface area contributed by atoms with Crippen molar-refractivity contribution in [3.63, 3.8) is 0 Å². The molecule has 0 atom stereocenters. The quantitative estimate of drug-likeness (QED) is 0.471. The van der Waals surface area contributed by atoms with Gasteiger partial charge in [-0.25, -0.2) is 4.98 Å². The summed E-state index contributed by atoms with van der Waals surface area (Å²) in [5.41, 5.74) is 2.96. The fourth-order valence-electron chi connectivity index (χ4n) is 3.76. The zero-order chi connectivity index (χ0) is 20.5. The van der Waals surface area contributed by atoms with E-state index in [1.165, 1.54) is 5.56 Å². The molecule has 1 saturated heterocycles. The van der Waals surface area contributed by atoms with Crippen molar-refractivity contribution in [3.8, 4) is 11.3 Å². The van der Waals surface area contributed by atoms with E-state index in [1.807, 2.05) is 12.1 Å². The van der Waals surface area contributed by atoms with Gasteiger partial charge in [-0.3, -0.25) is 4.90 Å². The molecule has 1 aliphatic heterocycles. The number of benzene rings is 2. The Labute approximate surface area is 184 Å². The number of piperazine rings is 1. The number of fused-ring (bicyclic) bond motifs is 1. The van der Waals surface area contributed by atoms with Gasteiger partial charge in [-0.2, -0.15) is 9.50 Å². The molecule has 0 aliphatic carbocycles. The predicted molar refractivity (Wildman–Crippen MR) is 120 cm³/mol. The van der Waals surface area contributed by atoms with Crippen molar-refractivity contribution in [1.82, 2.24) is 24.5 Å². The third-order valence-electron chi connectivity index (χ3n) is 5.34. The van der Waals surface area contributed by atoms with E-state index in [0.29, 0.717) is 21.8 Å². The lowest BCUT2D eigenvalue weighted by molar-refractivity contribution is 0.249. The van der Waals surface area contributed by atoms with Gasteiger partial charge in [-0.15, -0.1) is 5.10 Å². The lowest BCUT2D eigenvalue weighted by atomic mass is 10.1. The predicted octanol–water partition coefficient (Wildman–Crippen LogP) is 4.42. The molecule has 8 heteroatoms. The minimum Gasteiger partial charge on any atom is -0.337 e. The normalized spacial score (nSPS) is 15.1. The Balaban J connectivity index is 1.37. The number of hydrogen-bond acceptors (Lipinski definition) is 5. The van der Waals surface area contributed by atoms with E-state index in [0.717, 1.165) is 44.0 Å². The fourth-order valence-corrected chi connectivity index (χ4v) is 4.15. The van der Waals surface area contributed by atoms with Gasteiger partial charge in [0.05, 0.1) is 10.7 Å². The van der Waals surface area contributed by atoms with Crippen LogP contribution in [0.15, 0.2) is 60.8 Å². The molecule has 0 saturated carbocycles. The van der Waals surface area contributed by atoms with Crippen LogP contribution in [-0.2, 0) is 6.54 Å². The molecule has 6 nitrogen and oxygen atoms in total. The Morgan fingerprint density at radius 2 is 1.70 bits per heavy atom. The molecule has 0 bridgehead atoms. The Morgan fingerprint density at radius 1 is 0.900 bits per heavy atom. The van der Waals surface area contributed by atoms with Crippen LogP contribution in [0.5, 0.6) is 0 Å². The average molecular weight is 439 g/mol. The van der Waals surface area contributed by atoms with Crippen LogP contribution in [0, 0.1) is 0 Å². The van der Waals surface area contributed by atoms with Crippen molar-refractivity contribution < 1.29 is 0 Å². The lowest BCUT2D eigenvalue weighted by Crippen LogP contribution is -2.46. The van der Waals surface area contributed by atoms with Crippen molar-refractivity contribution in [2.75, 3.05) is 31.1 Å². The molecule has 1 fully saturated rings. The van der Waals surface area contributed by atoms with Crippen LogP contribution in [0.3, 0.4) is 0 Å². The summed E-state index contributed by atoms with van der Waals surface area (Å²) in [5, 5.41) is 5.97. The molecule has 152 valence electrons. The summed E-state index contributed by atoms with van der Waals surface area (Å²) in [7, 11) is 0. The highest BCUT2D eigenvalue weighted by molar-refractivity contribution is 6.35. The first-order chi connectivity index (χ1) is 14.7. The van der Waals surface area contributed by atoms with Crippen LogP contribution in [0.1, 0.15) is 5.56 Å². The highest BCUT2D eigenvalue weighted by Gasteiger charge is 2.21. The van der Waals surface area contributed by atoms with Gasteiger partial charge in [0.2, 0.25) is 5.95 Å². The van der Waals surface area contributed by atoms with Gasteiger partial charge in [-0.1, -0.05) is 53.5 Å². The lowest BCUT2D eigenvalue weighted by Gasteiger charge is -2.34. The molecule has 30 heavy (non-hydrogen) atoms. The van der Waals surface area contributed by atoms with Crippen LogP contribution in [0.4, 0.5) is 5.95 Å². The molecule has 4 aromatic rings. The maximum absolute atomic E-state index is 6.41. The van der Waals surface area contributed by atoms with Crippen molar-refractivity contribution in [2.45, 2.75) is 6.54 Å². The number of rotatable bonds is 4. The molecular formula is C22H20Cl2N6. The Bertz CT molecular complexity index is 1170. The van der Waals surface area contributed by atoms with E-state index in [9.17, 15) is 0 Å². The number of anilines is 1. The molecule has 5 rings (SSSR count). The van der Waals surface area contributed by atoms with Crippen LogP contribution < -0.4 is 4.90 Å². The van der Waals surface area contributed by atoms with Gasteiger partial charge in [0, 0.05) is 49.5 Å². The second kappa shape index (κ2) is 8.22. The minimum absolute atomic E-state index is 0.547. The largest absolute Gasteiger partial charge is 0.337 e. The van der Waals surface area contributed by atoms with E-state index >= 15 is 0 Å². The summed E-state index contributed by atoms with van der Waals surface area (Å²) in [4.78, 5) is 13.7. The summed E-state index contributed by atoms with van der Waals surface area (Å²) in [6, 6.07) is 17.8. The van der Waals surface area contributed by atoms with Gasteiger partial charge < -0.3 is 4.90 Å². The van der Waals surface area contributed by atoms with Crippen molar-refractivity contribution >= 4 is 34.9 Å². The van der Waals surface area contributed by atoms with Gasteiger partial charge in [-0.05, 0) is 29.8 Å². The third-order valence-corrected chi connectivity index (χ3v) is 5.90. The van der Waals surface area contributed by atoms with Gasteiger partial charge in [0.15, 0.2) is 0 Å². The fraction of sp³-hybridized carbons (Fsp3) is 0.227. The van der Waals surface area contributed by atoms with Crippen LogP contribution >= 0.6 is 23.2 Å². The summed E-state index contributed by atoms with van der Waals surface area (Å²) >= 11 is 12.6. The average Bonchev–Trinajstić information content (AvgIpc) is 3.21. The molecule has 2 aromatic heterocycles. The number of halogens is 2. The SMILES string of the molecule is Clc1ccc(Cl)c(-c2ccnc3nc(N4CCN(Cc5ccccc5)CC4)nn23)c1. The second-order valence-electron chi connectivity index (χ2n) is 7.33. The van der Waals surface area contributed by atoms with Gasteiger partial charge in [0.25, 0.3) is 5.78 Å². The van der Waals surface area contributed by atoms with E-state index in [4.69, 9.17) is 28.3 Å². The number of nitrogens with zero attached hydrogens (tertiary/aromatic N) is 6. The number of hydrogen-bond donors (Lipinski definition) is 0. The van der Waals surface area contributed by atoms with E-state index < -0.39 is 0 Å². The standard InChI is InChI=1S/C22H20Cl2N6/c23-17-6-7-19(24)18(14-17)20-8-9-25-21-26-22(27-30(20)21)29-12-10-28(11-13-29)15-16-4-2-1-3-5-16/h1-9,14H,10-13,15H2. The van der Waals surface area contributed by atoms with E-state index in [2.05, 4.69) is 50.1 Å². The highest BCUT2D eigenvalue weighted by atomic mass is 35.5. The Kier molecular flexibility index (Phi) is 5.29. The molecule has 0 amide bonds. The molecule has 0 radical (unpaired) electrons. The first-order valence-corrected chi connectivity index (χ1v) is 10.6. The monoisotopic (exact) mass is 438 g/mol. The van der Waals surface area contributed by atoms with Gasteiger partial charge in [0.1, 0.15) is 0 Å². The highest BCUT2D eigenvalue weighted by Crippen LogP contribution is 2.30. The third kappa shape index (κ3) is 3.86. The van der Waals surface area contributed by atoms with Crippen molar-refractivity contribution in [2.24, 2.45) is 0 Å². The molecule has 0 spiro atoms. The maximum Gasteiger partial charge on any atom is 0.254 e. The van der Waals surface area contributed by atoms with Gasteiger partial charge >= 0.3 is 0 Å². The molecule has 3 heterocycles. The van der Waals surface area contributed by atoms with Crippen LogP contribution in [0.25, 0.3) is 17.0 Å². The van der Waals surface area contributed by atoms with Crippen molar-refractivity contribution in [1.29, 1.82) is 0 Å². The van der Waals surface area contributed by atoms with Crippen LogP contribution in [-0.4, -0.2) is 50.7 Å². The second-order valence-corrected chi connectivity index (χ2v) is 8.17. The molecular weight excluding hydrogens is 419 g/mol.